The highest BCUT2D eigenvalue weighted by Gasteiger charge is 2.27. The van der Waals surface area contributed by atoms with Crippen LogP contribution in [0.4, 0.5) is 17.6 Å². The van der Waals surface area contributed by atoms with Crippen molar-refractivity contribution in [1.29, 1.82) is 0 Å². The topological polar surface area (TPSA) is 84.9 Å². The van der Waals surface area contributed by atoms with E-state index in [1.807, 2.05) is 0 Å². The van der Waals surface area contributed by atoms with Gasteiger partial charge in [0.1, 0.15) is 18.3 Å². The normalized spacial score (nSPS) is 13.7. The number of rotatable bonds is 8. The maximum atomic E-state index is 13.5. The van der Waals surface area contributed by atoms with Gasteiger partial charge in [-0.1, -0.05) is 0 Å². The first-order chi connectivity index (χ1) is 12.0. The summed E-state index contributed by atoms with van der Waals surface area (Å²) in [6.07, 6.45) is -1.90. The number of aliphatic hydroxyl groups excluding tert-OH is 1. The lowest BCUT2D eigenvalue weighted by atomic mass is 10.1. The molecule has 2 N–H and O–H groups in total. The van der Waals surface area contributed by atoms with Crippen LogP contribution in [-0.4, -0.2) is 41.8 Å². The number of carbonyl (C=O) groups excluding carboxylic acids is 2. The Bertz CT molecular complexity index is 637. The molecule has 0 saturated heterocycles. The van der Waals surface area contributed by atoms with E-state index >= 15 is 0 Å². The van der Waals surface area contributed by atoms with Crippen molar-refractivity contribution in [3.05, 3.63) is 29.3 Å². The number of aliphatic hydroxyl groups is 1. The lowest BCUT2D eigenvalue weighted by molar-refractivity contribution is -0.156. The van der Waals surface area contributed by atoms with Crippen LogP contribution in [0.3, 0.4) is 0 Å². The Morgan fingerprint density at radius 2 is 1.77 bits per heavy atom. The van der Waals surface area contributed by atoms with Gasteiger partial charge in [0.05, 0.1) is 12.5 Å². The molecule has 6 nitrogen and oxygen atoms in total. The SMILES string of the molecule is CC(C)(C)OC(=O)CC(NC=O)C(O)COc1c(F)c(F)cc(F)c1F. The molecule has 0 saturated carbocycles. The molecule has 0 aliphatic heterocycles. The van der Waals surface area contributed by atoms with Crippen LogP contribution >= 0.6 is 0 Å². The van der Waals surface area contributed by atoms with Gasteiger partial charge in [-0.05, 0) is 20.8 Å². The zero-order valence-electron chi connectivity index (χ0n) is 14.3. The van der Waals surface area contributed by atoms with Crippen molar-refractivity contribution in [2.24, 2.45) is 0 Å². The largest absolute Gasteiger partial charge is 0.485 e. The summed E-state index contributed by atoms with van der Waals surface area (Å²) in [7, 11) is 0. The number of amides is 1. The fourth-order valence-corrected chi connectivity index (χ4v) is 1.92. The van der Waals surface area contributed by atoms with Crippen LogP contribution in [0.2, 0.25) is 0 Å². The van der Waals surface area contributed by atoms with E-state index in [0.717, 1.165) is 0 Å². The maximum Gasteiger partial charge on any atom is 0.308 e. The van der Waals surface area contributed by atoms with Gasteiger partial charge in [-0.3, -0.25) is 9.59 Å². The predicted molar refractivity (Wildman–Crippen MR) is 81.2 cm³/mol. The monoisotopic (exact) mass is 381 g/mol. The number of benzene rings is 1. The lowest BCUT2D eigenvalue weighted by Gasteiger charge is -2.25. The highest BCUT2D eigenvalue weighted by Crippen LogP contribution is 2.26. The molecule has 1 rings (SSSR count). The van der Waals surface area contributed by atoms with Crippen molar-refractivity contribution in [3.8, 4) is 5.75 Å². The van der Waals surface area contributed by atoms with Gasteiger partial charge in [-0.25, -0.2) is 8.78 Å². The molecule has 0 spiro atoms. The number of hydrogen-bond acceptors (Lipinski definition) is 5. The van der Waals surface area contributed by atoms with Crippen LogP contribution in [0.25, 0.3) is 0 Å². The van der Waals surface area contributed by atoms with Gasteiger partial charge in [-0.15, -0.1) is 0 Å². The van der Waals surface area contributed by atoms with Crippen molar-refractivity contribution in [1.82, 2.24) is 5.32 Å². The molecule has 26 heavy (non-hydrogen) atoms. The maximum absolute atomic E-state index is 13.5. The number of hydrogen-bond donors (Lipinski definition) is 2. The highest BCUT2D eigenvalue weighted by atomic mass is 19.2. The minimum atomic E-state index is -1.77. The van der Waals surface area contributed by atoms with Crippen LogP contribution in [0, 0.1) is 23.3 Å². The lowest BCUT2D eigenvalue weighted by Crippen LogP contribution is -2.44. The molecule has 0 heterocycles. The summed E-state index contributed by atoms with van der Waals surface area (Å²) in [6, 6.07) is -1.21. The van der Waals surface area contributed by atoms with E-state index in [4.69, 9.17) is 4.74 Å². The summed E-state index contributed by atoms with van der Waals surface area (Å²) in [5.74, 6) is -9.02. The van der Waals surface area contributed by atoms with Crippen LogP contribution in [-0.2, 0) is 14.3 Å². The van der Waals surface area contributed by atoms with Gasteiger partial charge in [-0.2, -0.15) is 8.78 Å². The molecule has 1 aromatic rings. The number of halogens is 4. The summed E-state index contributed by atoms with van der Waals surface area (Å²) >= 11 is 0. The van der Waals surface area contributed by atoms with E-state index in [9.17, 15) is 32.3 Å². The Morgan fingerprint density at radius 1 is 1.23 bits per heavy atom. The van der Waals surface area contributed by atoms with Crippen LogP contribution in [0.1, 0.15) is 27.2 Å². The molecule has 2 unspecified atom stereocenters. The van der Waals surface area contributed by atoms with Crippen molar-refractivity contribution in [3.63, 3.8) is 0 Å². The molecular formula is C16H19F4NO5. The van der Waals surface area contributed by atoms with Crippen LogP contribution < -0.4 is 10.1 Å². The quantitative estimate of drug-likeness (QED) is 0.311. The third-order valence-corrected chi connectivity index (χ3v) is 3.02. The molecule has 0 aliphatic rings. The van der Waals surface area contributed by atoms with E-state index in [2.05, 4.69) is 10.1 Å². The second-order valence-electron chi connectivity index (χ2n) is 6.36. The predicted octanol–water partition coefficient (Wildman–Crippen LogP) is 1.83. The van der Waals surface area contributed by atoms with E-state index in [1.165, 1.54) is 0 Å². The van der Waals surface area contributed by atoms with E-state index < -0.39 is 65.8 Å². The average molecular weight is 381 g/mol. The fraction of sp³-hybridized carbons (Fsp3) is 0.500. The molecule has 0 radical (unpaired) electrons. The molecule has 1 aromatic carbocycles. The first kappa shape index (κ1) is 21.7. The second kappa shape index (κ2) is 8.84. The van der Waals surface area contributed by atoms with Crippen LogP contribution in [0.15, 0.2) is 6.07 Å². The van der Waals surface area contributed by atoms with Crippen molar-refractivity contribution >= 4 is 12.4 Å². The summed E-state index contributed by atoms with van der Waals surface area (Å²) in [6.45, 7) is 3.97. The molecule has 0 bridgehead atoms. The van der Waals surface area contributed by atoms with Gasteiger partial charge in [0.25, 0.3) is 0 Å². The number of nitrogens with one attached hydrogen (secondary N) is 1. The third kappa shape index (κ3) is 6.17. The van der Waals surface area contributed by atoms with Gasteiger partial charge < -0.3 is 19.9 Å². The van der Waals surface area contributed by atoms with Gasteiger partial charge in [0.2, 0.25) is 18.0 Å². The smallest absolute Gasteiger partial charge is 0.308 e. The fourth-order valence-electron chi connectivity index (χ4n) is 1.92. The summed E-state index contributed by atoms with van der Waals surface area (Å²) in [5, 5.41) is 12.1. The average Bonchev–Trinajstić information content (AvgIpc) is 2.50. The van der Waals surface area contributed by atoms with Crippen molar-refractivity contribution in [2.75, 3.05) is 6.61 Å². The number of ether oxygens (including phenoxy) is 2. The Labute approximate surface area is 147 Å². The molecular weight excluding hydrogens is 362 g/mol. The zero-order valence-corrected chi connectivity index (χ0v) is 14.3. The molecule has 146 valence electrons. The van der Waals surface area contributed by atoms with Gasteiger partial charge in [0, 0.05) is 6.07 Å². The molecule has 1 amide bonds. The summed E-state index contributed by atoms with van der Waals surface area (Å²) in [5.41, 5.74) is -0.810. The molecule has 0 aromatic heterocycles. The van der Waals surface area contributed by atoms with Crippen LogP contribution in [0.5, 0.6) is 5.75 Å². The van der Waals surface area contributed by atoms with E-state index in [0.29, 0.717) is 0 Å². The van der Waals surface area contributed by atoms with Gasteiger partial charge in [0.15, 0.2) is 17.4 Å². The zero-order chi connectivity index (χ0) is 20.1. The Hall–Kier alpha value is -2.36. The number of carbonyl (C=O) groups is 2. The first-order valence-corrected chi connectivity index (χ1v) is 7.51. The summed E-state index contributed by atoms with van der Waals surface area (Å²) < 4.78 is 62.9. The second-order valence-corrected chi connectivity index (χ2v) is 6.36. The summed E-state index contributed by atoms with van der Waals surface area (Å²) in [4.78, 5) is 22.4. The van der Waals surface area contributed by atoms with Gasteiger partial charge >= 0.3 is 5.97 Å². The Balaban J connectivity index is 2.81. The third-order valence-electron chi connectivity index (χ3n) is 3.02. The van der Waals surface area contributed by atoms with Crippen molar-refractivity contribution < 1.29 is 41.7 Å². The van der Waals surface area contributed by atoms with Crippen molar-refractivity contribution in [2.45, 2.75) is 44.9 Å². The molecule has 2 atom stereocenters. The molecule has 0 fully saturated rings. The van der Waals surface area contributed by atoms with E-state index in [-0.39, 0.29) is 12.5 Å². The van der Waals surface area contributed by atoms with E-state index in [1.54, 1.807) is 20.8 Å². The first-order valence-electron chi connectivity index (χ1n) is 7.51. The minimum absolute atomic E-state index is 0.00715. The molecule has 10 heteroatoms. The minimum Gasteiger partial charge on any atom is -0.485 e. The number of esters is 1. The Kier molecular flexibility index (Phi) is 7.37. The molecule has 0 aliphatic carbocycles. The Morgan fingerprint density at radius 3 is 2.23 bits per heavy atom. The standard InChI is InChI=1S/C16H19F4NO5/c1-16(2,3)26-12(24)5-10(21-7-22)11(23)6-25-15-13(19)8(17)4-9(18)14(15)20/h4,7,10-11,23H,5-6H2,1-3H3,(H,21,22). The highest BCUT2D eigenvalue weighted by molar-refractivity contribution is 5.71.